The number of ether oxygens (including phenoxy) is 1. The molecule has 13 heavy (non-hydrogen) atoms. The fraction of sp³-hybridized carbons (Fsp3) is 0.889. The summed E-state index contributed by atoms with van der Waals surface area (Å²) in [5.74, 6) is 0. The molecular formula is C9H16N2OS. The highest BCUT2D eigenvalue weighted by molar-refractivity contribution is 7.80. The van der Waals surface area contributed by atoms with E-state index in [-0.39, 0.29) is 0 Å². The van der Waals surface area contributed by atoms with Gasteiger partial charge in [-0.15, -0.1) is 0 Å². The Hall–Kier alpha value is -0.0300. The first kappa shape index (κ1) is 9.52. The maximum Gasteiger partial charge on any atom is 0.0797 e. The molecule has 2 aliphatic rings. The highest BCUT2D eigenvalue weighted by Gasteiger charge is 2.29. The Morgan fingerprint density at radius 1 is 1.31 bits per heavy atom. The molecule has 2 aliphatic heterocycles. The first-order valence-corrected chi connectivity index (χ1v) is 5.21. The second kappa shape index (κ2) is 4.00. The lowest BCUT2D eigenvalue weighted by molar-refractivity contribution is 0.103. The summed E-state index contributed by atoms with van der Waals surface area (Å²) in [7, 11) is 2.17. The Labute approximate surface area is 84.6 Å². The van der Waals surface area contributed by atoms with Crippen molar-refractivity contribution in [2.75, 3.05) is 46.4 Å². The molecule has 2 rings (SSSR count). The van der Waals surface area contributed by atoms with E-state index in [9.17, 15) is 0 Å². The van der Waals surface area contributed by atoms with E-state index in [0.717, 1.165) is 37.7 Å². The molecule has 2 saturated heterocycles. The number of thiocarbonyl (C=S) groups is 1. The van der Waals surface area contributed by atoms with E-state index in [1.165, 1.54) is 0 Å². The summed E-state index contributed by atoms with van der Waals surface area (Å²) in [6.07, 6.45) is 0. The lowest BCUT2D eigenvalue weighted by Crippen LogP contribution is -2.51. The van der Waals surface area contributed by atoms with Gasteiger partial charge in [0, 0.05) is 31.0 Å². The average molecular weight is 200 g/mol. The van der Waals surface area contributed by atoms with Crippen molar-refractivity contribution in [3.8, 4) is 0 Å². The molecule has 0 N–H and O–H groups in total. The van der Waals surface area contributed by atoms with E-state index in [2.05, 4.69) is 16.8 Å². The summed E-state index contributed by atoms with van der Waals surface area (Å²) in [6.45, 7) is 6.06. The maximum atomic E-state index is 5.35. The van der Waals surface area contributed by atoms with Gasteiger partial charge in [0.2, 0.25) is 0 Å². The first-order chi connectivity index (χ1) is 6.27. The molecule has 0 amide bonds. The van der Waals surface area contributed by atoms with Crippen molar-refractivity contribution in [3.05, 3.63) is 0 Å². The minimum Gasteiger partial charge on any atom is -0.374 e. The Bertz CT molecular complexity index is 202. The number of piperazine rings is 1. The minimum atomic E-state index is 0.420. The Morgan fingerprint density at radius 3 is 2.54 bits per heavy atom. The molecule has 1 atom stereocenters. The van der Waals surface area contributed by atoms with Crippen molar-refractivity contribution in [2.24, 2.45) is 0 Å². The molecule has 1 unspecified atom stereocenters. The van der Waals surface area contributed by atoms with Crippen molar-refractivity contribution in [3.63, 3.8) is 0 Å². The van der Waals surface area contributed by atoms with Crippen LogP contribution in [0.3, 0.4) is 0 Å². The van der Waals surface area contributed by atoms with Gasteiger partial charge in [-0.3, -0.25) is 4.90 Å². The van der Waals surface area contributed by atoms with Gasteiger partial charge in [0.15, 0.2) is 0 Å². The molecule has 0 aliphatic carbocycles. The van der Waals surface area contributed by atoms with Crippen LogP contribution >= 0.6 is 12.2 Å². The van der Waals surface area contributed by atoms with Gasteiger partial charge in [-0.05, 0) is 7.05 Å². The summed E-state index contributed by atoms with van der Waals surface area (Å²) >= 11 is 5.27. The van der Waals surface area contributed by atoms with Crippen LogP contribution < -0.4 is 0 Å². The Morgan fingerprint density at radius 2 is 2.00 bits per heavy atom. The molecular weight excluding hydrogens is 184 g/mol. The summed E-state index contributed by atoms with van der Waals surface area (Å²) in [4.78, 5) is 5.90. The predicted octanol–water partition coefficient (Wildman–Crippen LogP) is 0.00250. The second-order valence-electron chi connectivity index (χ2n) is 3.84. The molecule has 4 heteroatoms. The third kappa shape index (κ3) is 2.07. The van der Waals surface area contributed by atoms with Gasteiger partial charge >= 0.3 is 0 Å². The number of hydrogen-bond acceptors (Lipinski definition) is 4. The van der Waals surface area contributed by atoms with Gasteiger partial charge in [0.25, 0.3) is 0 Å². The van der Waals surface area contributed by atoms with Crippen LogP contribution in [0.15, 0.2) is 0 Å². The van der Waals surface area contributed by atoms with Crippen LogP contribution in [-0.4, -0.2) is 67.1 Å². The smallest absolute Gasteiger partial charge is 0.0797 e. The highest BCUT2D eigenvalue weighted by atomic mass is 32.1. The predicted molar refractivity (Wildman–Crippen MR) is 56.3 cm³/mol. The zero-order chi connectivity index (χ0) is 9.26. The third-order valence-corrected chi connectivity index (χ3v) is 3.26. The van der Waals surface area contributed by atoms with Gasteiger partial charge in [0.1, 0.15) is 0 Å². The number of nitrogens with zero attached hydrogens (tertiary/aromatic N) is 2. The largest absolute Gasteiger partial charge is 0.374 e. The van der Waals surface area contributed by atoms with E-state index in [0.29, 0.717) is 12.6 Å². The van der Waals surface area contributed by atoms with Crippen LogP contribution in [0.1, 0.15) is 0 Å². The van der Waals surface area contributed by atoms with Gasteiger partial charge in [-0.25, -0.2) is 0 Å². The third-order valence-electron chi connectivity index (χ3n) is 2.87. The molecule has 0 spiro atoms. The van der Waals surface area contributed by atoms with Crippen molar-refractivity contribution in [1.29, 1.82) is 0 Å². The van der Waals surface area contributed by atoms with Crippen LogP contribution in [0, 0.1) is 0 Å². The van der Waals surface area contributed by atoms with Gasteiger partial charge in [-0.1, -0.05) is 12.2 Å². The molecule has 0 aromatic rings. The zero-order valence-electron chi connectivity index (χ0n) is 8.03. The van der Waals surface area contributed by atoms with Gasteiger partial charge in [-0.2, -0.15) is 0 Å². The van der Waals surface area contributed by atoms with Crippen LogP contribution in [0.4, 0.5) is 0 Å². The van der Waals surface area contributed by atoms with E-state index >= 15 is 0 Å². The normalized spacial score (nSPS) is 32.7. The quantitative estimate of drug-likeness (QED) is 0.554. The Balaban J connectivity index is 1.90. The van der Waals surface area contributed by atoms with E-state index in [1.54, 1.807) is 0 Å². The van der Waals surface area contributed by atoms with Gasteiger partial charge in [0.05, 0.1) is 19.3 Å². The van der Waals surface area contributed by atoms with Crippen LogP contribution in [0.5, 0.6) is 0 Å². The van der Waals surface area contributed by atoms with Crippen molar-refractivity contribution < 1.29 is 4.74 Å². The zero-order valence-corrected chi connectivity index (χ0v) is 8.85. The SMILES string of the molecule is CN1CCN(C2COCC2=S)CC1. The summed E-state index contributed by atoms with van der Waals surface area (Å²) < 4.78 is 5.35. The lowest BCUT2D eigenvalue weighted by atomic mass is 10.2. The molecule has 0 saturated carbocycles. The number of hydrogen-bond donors (Lipinski definition) is 0. The standard InChI is InChI=1S/C9H16N2OS/c1-10-2-4-11(5-3-10)8-6-12-7-9(8)13/h8H,2-7H2,1H3. The monoisotopic (exact) mass is 200 g/mol. The highest BCUT2D eigenvalue weighted by Crippen LogP contribution is 2.12. The van der Waals surface area contributed by atoms with Crippen molar-refractivity contribution >= 4 is 17.1 Å². The van der Waals surface area contributed by atoms with E-state index in [4.69, 9.17) is 17.0 Å². The van der Waals surface area contributed by atoms with Crippen molar-refractivity contribution in [2.45, 2.75) is 6.04 Å². The molecule has 2 heterocycles. The molecule has 2 fully saturated rings. The minimum absolute atomic E-state index is 0.420. The fourth-order valence-electron chi connectivity index (χ4n) is 1.90. The topological polar surface area (TPSA) is 15.7 Å². The van der Waals surface area contributed by atoms with Gasteiger partial charge < -0.3 is 9.64 Å². The molecule has 0 aromatic heterocycles. The van der Waals surface area contributed by atoms with Crippen LogP contribution in [0.25, 0.3) is 0 Å². The maximum absolute atomic E-state index is 5.35. The first-order valence-electron chi connectivity index (χ1n) is 4.80. The average Bonchev–Trinajstić information content (AvgIpc) is 2.53. The van der Waals surface area contributed by atoms with E-state index < -0.39 is 0 Å². The van der Waals surface area contributed by atoms with Crippen molar-refractivity contribution in [1.82, 2.24) is 9.80 Å². The number of rotatable bonds is 1. The number of likely N-dealkylation sites (N-methyl/N-ethyl adjacent to an activating group) is 1. The van der Waals surface area contributed by atoms with Crippen LogP contribution in [0.2, 0.25) is 0 Å². The molecule has 3 nitrogen and oxygen atoms in total. The molecule has 0 aromatic carbocycles. The molecule has 0 bridgehead atoms. The fourth-order valence-corrected chi connectivity index (χ4v) is 2.20. The lowest BCUT2D eigenvalue weighted by Gasteiger charge is -2.35. The van der Waals surface area contributed by atoms with E-state index in [1.807, 2.05) is 0 Å². The van der Waals surface area contributed by atoms with Crippen LogP contribution in [-0.2, 0) is 4.74 Å². The Kier molecular flexibility index (Phi) is 2.93. The second-order valence-corrected chi connectivity index (χ2v) is 4.36. The summed E-state index contributed by atoms with van der Waals surface area (Å²) in [5, 5.41) is 0. The summed E-state index contributed by atoms with van der Waals surface area (Å²) in [5.41, 5.74) is 0. The molecule has 0 radical (unpaired) electrons. The molecule has 74 valence electrons. The summed E-state index contributed by atoms with van der Waals surface area (Å²) in [6, 6.07) is 0.420.